The number of carbonyl (C=O) groups excluding carboxylic acids is 2. The lowest BCUT2D eigenvalue weighted by Crippen LogP contribution is -2.40. The molecule has 1 aliphatic carbocycles. The summed E-state index contributed by atoms with van der Waals surface area (Å²) < 4.78 is 10.3. The average molecular weight is 433 g/mol. The molecule has 1 aliphatic rings. The fraction of sp³-hybridized carbons (Fsp3) is 0.429. The summed E-state index contributed by atoms with van der Waals surface area (Å²) in [5.74, 6) is -0.125. The average Bonchev–Trinajstić information content (AvgIpc) is 2.75. The lowest BCUT2D eigenvalue weighted by atomic mass is 9.91. The smallest absolute Gasteiger partial charge is 0.407 e. The highest BCUT2D eigenvalue weighted by atomic mass is 35.5. The highest BCUT2D eigenvalue weighted by Gasteiger charge is 2.25. The van der Waals surface area contributed by atoms with Crippen LogP contribution in [-0.4, -0.2) is 40.7 Å². The summed E-state index contributed by atoms with van der Waals surface area (Å²) in [7, 11) is 0. The standard InChI is InChI=1S/C21H25ClN4O4/c1-2-29-19(27)17-12-23-20(22)26-18(17)24-15-8-10-16(11-9-15)25-21(28)30-13-14-6-4-3-5-7-14/h3-7,12,15-16H,2,8-11,13H2,1H3,(H,25,28)(H,23,24,26). The van der Waals surface area contributed by atoms with Gasteiger partial charge in [-0.05, 0) is 49.8 Å². The number of esters is 1. The highest BCUT2D eigenvalue weighted by Crippen LogP contribution is 2.24. The maximum atomic E-state index is 12.1. The molecular formula is C21H25ClN4O4. The molecule has 0 bridgehead atoms. The lowest BCUT2D eigenvalue weighted by molar-refractivity contribution is 0.0526. The number of aromatic nitrogens is 2. The van der Waals surface area contributed by atoms with Crippen LogP contribution in [-0.2, 0) is 16.1 Å². The Morgan fingerprint density at radius 3 is 2.50 bits per heavy atom. The molecule has 2 aromatic rings. The number of alkyl carbamates (subject to hydrolysis) is 1. The van der Waals surface area contributed by atoms with Crippen LogP contribution in [0.3, 0.4) is 0 Å². The van der Waals surface area contributed by atoms with E-state index in [4.69, 9.17) is 21.1 Å². The van der Waals surface area contributed by atoms with Crippen LogP contribution in [0.15, 0.2) is 36.5 Å². The van der Waals surface area contributed by atoms with E-state index in [0.717, 1.165) is 31.2 Å². The molecule has 8 nitrogen and oxygen atoms in total. The molecule has 0 unspecified atom stereocenters. The van der Waals surface area contributed by atoms with Gasteiger partial charge in [-0.15, -0.1) is 0 Å². The van der Waals surface area contributed by atoms with Crippen molar-refractivity contribution in [3.63, 3.8) is 0 Å². The predicted octanol–water partition coefficient (Wildman–Crippen LogP) is 3.96. The Balaban J connectivity index is 1.47. The van der Waals surface area contributed by atoms with Crippen molar-refractivity contribution in [1.82, 2.24) is 15.3 Å². The van der Waals surface area contributed by atoms with Crippen molar-refractivity contribution >= 4 is 29.5 Å². The van der Waals surface area contributed by atoms with Gasteiger partial charge in [0.15, 0.2) is 0 Å². The third kappa shape index (κ3) is 6.32. The first-order valence-electron chi connectivity index (χ1n) is 9.98. The maximum Gasteiger partial charge on any atom is 0.407 e. The van der Waals surface area contributed by atoms with Crippen LogP contribution in [0.25, 0.3) is 0 Å². The van der Waals surface area contributed by atoms with E-state index in [-0.39, 0.29) is 36.1 Å². The van der Waals surface area contributed by atoms with Gasteiger partial charge in [0.05, 0.1) is 6.61 Å². The summed E-state index contributed by atoms with van der Waals surface area (Å²) in [6.07, 6.45) is 4.12. The van der Waals surface area contributed by atoms with Crippen LogP contribution >= 0.6 is 11.6 Å². The van der Waals surface area contributed by atoms with Gasteiger partial charge in [-0.1, -0.05) is 30.3 Å². The predicted molar refractivity (Wildman–Crippen MR) is 112 cm³/mol. The number of rotatable bonds is 7. The molecule has 1 fully saturated rings. The van der Waals surface area contributed by atoms with Gasteiger partial charge in [0.1, 0.15) is 18.0 Å². The Labute approximate surface area is 180 Å². The lowest BCUT2D eigenvalue weighted by Gasteiger charge is -2.30. The van der Waals surface area contributed by atoms with Gasteiger partial charge in [-0.2, -0.15) is 4.98 Å². The molecule has 1 aromatic carbocycles. The SMILES string of the molecule is CCOC(=O)c1cnc(Cl)nc1NC1CCC(NC(=O)OCc2ccccc2)CC1. The molecule has 1 heterocycles. The van der Waals surface area contributed by atoms with Crippen molar-refractivity contribution in [3.8, 4) is 0 Å². The molecule has 3 rings (SSSR count). The maximum absolute atomic E-state index is 12.1. The third-order valence-electron chi connectivity index (χ3n) is 4.86. The molecule has 2 N–H and O–H groups in total. The summed E-state index contributed by atoms with van der Waals surface area (Å²) in [6, 6.07) is 9.70. The molecule has 160 valence electrons. The van der Waals surface area contributed by atoms with Crippen LogP contribution in [0.1, 0.15) is 48.5 Å². The van der Waals surface area contributed by atoms with Gasteiger partial charge in [-0.3, -0.25) is 0 Å². The van der Waals surface area contributed by atoms with Crippen LogP contribution in [0.4, 0.5) is 10.6 Å². The largest absolute Gasteiger partial charge is 0.462 e. The van der Waals surface area contributed by atoms with E-state index in [0.29, 0.717) is 5.82 Å². The fourth-order valence-corrected chi connectivity index (χ4v) is 3.47. The second-order valence-electron chi connectivity index (χ2n) is 7.02. The third-order valence-corrected chi connectivity index (χ3v) is 5.04. The van der Waals surface area contributed by atoms with Crippen molar-refractivity contribution in [2.24, 2.45) is 0 Å². The molecule has 0 radical (unpaired) electrons. The summed E-state index contributed by atoms with van der Waals surface area (Å²) in [5, 5.41) is 6.25. The van der Waals surface area contributed by atoms with E-state index >= 15 is 0 Å². The van der Waals surface area contributed by atoms with Crippen molar-refractivity contribution < 1.29 is 19.1 Å². The van der Waals surface area contributed by atoms with Crippen molar-refractivity contribution in [2.75, 3.05) is 11.9 Å². The Hall–Kier alpha value is -2.87. The molecule has 0 atom stereocenters. The molecule has 1 amide bonds. The van der Waals surface area contributed by atoms with E-state index in [2.05, 4.69) is 20.6 Å². The highest BCUT2D eigenvalue weighted by molar-refractivity contribution is 6.28. The van der Waals surface area contributed by atoms with Gasteiger partial charge in [-0.25, -0.2) is 14.6 Å². The number of benzene rings is 1. The molecule has 30 heavy (non-hydrogen) atoms. The van der Waals surface area contributed by atoms with Gasteiger partial charge in [0.25, 0.3) is 0 Å². The number of hydrogen-bond acceptors (Lipinski definition) is 7. The number of nitrogens with zero attached hydrogens (tertiary/aromatic N) is 2. The van der Waals surface area contributed by atoms with Gasteiger partial charge < -0.3 is 20.1 Å². The summed E-state index contributed by atoms with van der Waals surface area (Å²) in [4.78, 5) is 32.2. The first kappa shape index (κ1) is 21.8. The van der Waals surface area contributed by atoms with E-state index in [1.54, 1.807) is 6.92 Å². The van der Waals surface area contributed by atoms with Gasteiger partial charge >= 0.3 is 12.1 Å². The molecule has 1 saturated carbocycles. The number of nitrogens with one attached hydrogen (secondary N) is 2. The van der Waals surface area contributed by atoms with Crippen molar-refractivity contribution in [1.29, 1.82) is 0 Å². The normalized spacial score (nSPS) is 18.3. The summed E-state index contributed by atoms with van der Waals surface area (Å²) >= 11 is 5.89. The summed E-state index contributed by atoms with van der Waals surface area (Å²) in [6.45, 7) is 2.24. The first-order chi connectivity index (χ1) is 14.5. The quantitative estimate of drug-likeness (QED) is 0.504. The Morgan fingerprint density at radius 2 is 1.80 bits per heavy atom. The van der Waals surface area contributed by atoms with Crippen LogP contribution in [0, 0.1) is 0 Å². The van der Waals surface area contributed by atoms with Crippen molar-refractivity contribution in [3.05, 3.63) is 52.9 Å². The van der Waals surface area contributed by atoms with E-state index in [9.17, 15) is 9.59 Å². The van der Waals surface area contributed by atoms with Crippen molar-refractivity contribution in [2.45, 2.75) is 51.3 Å². The monoisotopic (exact) mass is 432 g/mol. The Bertz CT molecular complexity index is 857. The summed E-state index contributed by atoms with van der Waals surface area (Å²) in [5.41, 5.74) is 1.20. The van der Waals surface area contributed by atoms with E-state index in [1.165, 1.54) is 6.20 Å². The minimum absolute atomic E-state index is 0.0461. The van der Waals surface area contributed by atoms with Gasteiger partial charge in [0.2, 0.25) is 5.28 Å². The second kappa shape index (κ2) is 10.8. The number of amides is 1. The zero-order chi connectivity index (χ0) is 21.3. The van der Waals surface area contributed by atoms with Crippen LogP contribution < -0.4 is 10.6 Å². The van der Waals surface area contributed by atoms with Crippen LogP contribution in [0.5, 0.6) is 0 Å². The molecule has 9 heteroatoms. The number of hydrogen-bond donors (Lipinski definition) is 2. The number of anilines is 1. The van der Waals surface area contributed by atoms with E-state index in [1.807, 2.05) is 30.3 Å². The molecule has 1 aromatic heterocycles. The molecular weight excluding hydrogens is 408 g/mol. The van der Waals surface area contributed by atoms with Gasteiger partial charge in [0, 0.05) is 18.3 Å². The first-order valence-corrected chi connectivity index (χ1v) is 10.4. The zero-order valence-electron chi connectivity index (χ0n) is 16.8. The number of carbonyl (C=O) groups is 2. The fourth-order valence-electron chi connectivity index (χ4n) is 3.34. The molecule has 0 aliphatic heterocycles. The minimum Gasteiger partial charge on any atom is -0.462 e. The second-order valence-corrected chi connectivity index (χ2v) is 7.36. The van der Waals surface area contributed by atoms with E-state index < -0.39 is 12.1 Å². The zero-order valence-corrected chi connectivity index (χ0v) is 17.5. The van der Waals surface area contributed by atoms with Crippen LogP contribution in [0.2, 0.25) is 5.28 Å². The molecule has 0 spiro atoms. The molecule has 0 saturated heterocycles. The number of halogens is 1. The number of ether oxygens (including phenoxy) is 2. The minimum atomic E-state index is -0.492. The topological polar surface area (TPSA) is 102 Å². The Morgan fingerprint density at radius 1 is 1.10 bits per heavy atom. The Kier molecular flexibility index (Phi) is 7.84.